The molecule has 1 saturated carbocycles. The maximum absolute atomic E-state index is 9.65. The Hall–Kier alpha value is -2.78. The number of aromatic nitrogens is 5. The highest BCUT2D eigenvalue weighted by Gasteiger charge is 2.29. The summed E-state index contributed by atoms with van der Waals surface area (Å²) in [6.07, 6.45) is 12.0. The molecular weight excluding hydrogens is 520 g/mol. The lowest BCUT2D eigenvalue weighted by molar-refractivity contribution is 0.0258. The van der Waals surface area contributed by atoms with Gasteiger partial charge in [0.25, 0.3) is 0 Å². The van der Waals surface area contributed by atoms with Crippen molar-refractivity contribution < 1.29 is 9.47 Å². The van der Waals surface area contributed by atoms with E-state index in [9.17, 15) is 5.26 Å². The maximum atomic E-state index is 9.65. The Morgan fingerprint density at radius 2 is 2.12 bits per heavy atom. The number of nitriles is 1. The number of hydrogen-bond acceptors (Lipinski definition) is 8. The fourth-order valence-electron chi connectivity index (χ4n) is 5.80. The molecule has 3 aromatic heterocycles. The van der Waals surface area contributed by atoms with E-state index in [1.54, 1.807) is 6.33 Å². The van der Waals surface area contributed by atoms with Crippen LogP contribution in [0.3, 0.4) is 0 Å². The summed E-state index contributed by atoms with van der Waals surface area (Å²) < 4.78 is 16.0. The van der Waals surface area contributed by atoms with Gasteiger partial charge in [0.15, 0.2) is 5.82 Å². The van der Waals surface area contributed by atoms with Crippen LogP contribution in [0, 0.1) is 17.2 Å². The number of nitrogens with zero attached hydrogens (tertiary/aromatic N) is 6. The predicted molar refractivity (Wildman–Crippen MR) is 160 cm³/mol. The molecule has 2 atom stereocenters. The molecule has 10 nitrogen and oxygen atoms in total. The van der Waals surface area contributed by atoms with Crippen molar-refractivity contribution in [2.75, 3.05) is 38.2 Å². The van der Waals surface area contributed by atoms with Gasteiger partial charge in [0, 0.05) is 52.1 Å². The molecule has 5 rings (SSSR count). The molecule has 0 aromatic carbocycles. The molecule has 2 N–H and O–H groups in total. The highest BCUT2D eigenvalue weighted by atomic mass is 28.3. The van der Waals surface area contributed by atoms with E-state index in [0.717, 1.165) is 86.3 Å². The van der Waals surface area contributed by atoms with Gasteiger partial charge in [-0.3, -0.25) is 4.68 Å². The third kappa shape index (κ3) is 7.10. The number of anilines is 1. The SMILES string of the molecule is C[Si](C)(C)CCOCn1ccc2c(-c3cn(C(CC#N)C4CCCC4)nc3NCCC3CNCCO3)ncnc21. The van der Waals surface area contributed by atoms with Gasteiger partial charge in [-0.05, 0) is 37.3 Å². The van der Waals surface area contributed by atoms with Gasteiger partial charge in [0.1, 0.15) is 18.7 Å². The topological polar surface area (TPSA) is 115 Å². The fraction of sp³-hybridized carbons (Fsp3) is 0.655. The van der Waals surface area contributed by atoms with Crippen LogP contribution in [0.4, 0.5) is 5.82 Å². The Balaban J connectivity index is 1.41. The van der Waals surface area contributed by atoms with Crippen LogP contribution in [0.1, 0.15) is 44.6 Å². The van der Waals surface area contributed by atoms with Gasteiger partial charge in [-0.25, -0.2) is 9.97 Å². The quantitative estimate of drug-likeness (QED) is 0.219. The van der Waals surface area contributed by atoms with Gasteiger partial charge >= 0.3 is 0 Å². The first kappa shape index (κ1) is 28.7. The van der Waals surface area contributed by atoms with Crippen LogP contribution < -0.4 is 10.6 Å². The molecule has 40 heavy (non-hydrogen) atoms. The molecule has 0 spiro atoms. The van der Waals surface area contributed by atoms with Gasteiger partial charge in [-0.2, -0.15) is 10.4 Å². The summed E-state index contributed by atoms with van der Waals surface area (Å²) in [5, 5.41) is 22.6. The fourth-order valence-corrected chi connectivity index (χ4v) is 6.55. The van der Waals surface area contributed by atoms with Crippen molar-refractivity contribution in [1.82, 2.24) is 29.6 Å². The minimum absolute atomic E-state index is 0.0642. The zero-order valence-electron chi connectivity index (χ0n) is 24.2. The van der Waals surface area contributed by atoms with E-state index in [1.165, 1.54) is 12.8 Å². The Labute approximate surface area is 238 Å². The smallest absolute Gasteiger partial charge is 0.157 e. The molecule has 3 aromatic rings. The van der Waals surface area contributed by atoms with E-state index in [1.807, 2.05) is 15.4 Å². The number of rotatable bonds is 13. The summed E-state index contributed by atoms with van der Waals surface area (Å²) in [6, 6.07) is 5.68. The van der Waals surface area contributed by atoms with Crippen molar-refractivity contribution in [3.8, 4) is 17.3 Å². The van der Waals surface area contributed by atoms with Crippen LogP contribution in [-0.2, 0) is 16.2 Å². The van der Waals surface area contributed by atoms with E-state index in [2.05, 4.69) is 53.6 Å². The van der Waals surface area contributed by atoms with Gasteiger partial charge in [-0.15, -0.1) is 0 Å². The maximum Gasteiger partial charge on any atom is 0.157 e. The molecule has 0 amide bonds. The van der Waals surface area contributed by atoms with Gasteiger partial charge in [0.2, 0.25) is 0 Å². The molecular formula is C29H44N8O2Si. The third-order valence-corrected chi connectivity index (χ3v) is 9.82. The second-order valence-corrected chi connectivity index (χ2v) is 18.0. The third-order valence-electron chi connectivity index (χ3n) is 8.12. The highest BCUT2D eigenvalue weighted by Crippen LogP contribution is 2.38. The Bertz CT molecular complexity index is 1280. The summed E-state index contributed by atoms with van der Waals surface area (Å²) in [5.74, 6) is 1.27. The lowest BCUT2D eigenvalue weighted by Crippen LogP contribution is -2.39. The number of nitrogens with one attached hydrogen (secondary N) is 2. The van der Waals surface area contributed by atoms with Crippen molar-refractivity contribution in [3.63, 3.8) is 0 Å². The molecule has 11 heteroatoms. The minimum Gasteiger partial charge on any atom is -0.376 e. The molecule has 216 valence electrons. The molecule has 0 bridgehead atoms. The average molecular weight is 565 g/mol. The number of morpholine rings is 1. The minimum atomic E-state index is -1.15. The summed E-state index contributed by atoms with van der Waals surface area (Å²) in [7, 11) is -1.15. The van der Waals surface area contributed by atoms with Crippen LogP contribution >= 0.6 is 0 Å². The molecule has 4 heterocycles. The summed E-state index contributed by atoms with van der Waals surface area (Å²) in [5.41, 5.74) is 2.63. The lowest BCUT2D eigenvalue weighted by atomic mass is 9.96. The standard InChI is InChI=1S/C29H44N8O2Si/c1-40(2,3)17-16-38-21-36-14-10-24-27(33-20-34-29(24)36)25-19-37(26(8-11-30)22-6-4-5-7-22)35-28(25)32-12-9-23-18-31-13-15-39-23/h10,14,19-20,22-23,26,31H,4-9,12-13,15-18,21H2,1-3H3,(H,32,35). The van der Waals surface area contributed by atoms with Gasteiger partial charge < -0.3 is 24.7 Å². The molecule has 2 fully saturated rings. The summed E-state index contributed by atoms with van der Waals surface area (Å²) in [4.78, 5) is 9.35. The van der Waals surface area contributed by atoms with Crippen molar-refractivity contribution in [1.29, 1.82) is 5.26 Å². The summed E-state index contributed by atoms with van der Waals surface area (Å²) >= 11 is 0. The summed E-state index contributed by atoms with van der Waals surface area (Å²) in [6.45, 7) is 11.6. The first-order chi connectivity index (χ1) is 19.4. The largest absolute Gasteiger partial charge is 0.376 e. The molecule has 1 saturated heterocycles. The van der Waals surface area contributed by atoms with Crippen molar-refractivity contribution in [3.05, 3.63) is 24.8 Å². The van der Waals surface area contributed by atoms with E-state index >= 15 is 0 Å². The second kappa shape index (κ2) is 13.3. The predicted octanol–water partition coefficient (Wildman–Crippen LogP) is 5.04. The van der Waals surface area contributed by atoms with Crippen LogP contribution in [0.25, 0.3) is 22.3 Å². The Morgan fingerprint density at radius 3 is 2.88 bits per heavy atom. The molecule has 2 unspecified atom stereocenters. The number of fused-ring (bicyclic) bond motifs is 1. The van der Waals surface area contributed by atoms with E-state index in [0.29, 0.717) is 19.1 Å². The molecule has 1 aliphatic heterocycles. The molecule has 1 aliphatic carbocycles. The Kier molecular flexibility index (Phi) is 9.52. The second-order valence-electron chi connectivity index (χ2n) is 12.4. The van der Waals surface area contributed by atoms with Crippen LogP contribution in [0.2, 0.25) is 25.7 Å². The monoisotopic (exact) mass is 564 g/mol. The number of ether oxygens (including phenoxy) is 2. The van der Waals surface area contributed by atoms with Crippen molar-refractivity contribution in [2.24, 2.45) is 5.92 Å². The lowest BCUT2D eigenvalue weighted by Gasteiger charge is -2.23. The van der Waals surface area contributed by atoms with Crippen LogP contribution in [-0.4, -0.2) is 71.3 Å². The zero-order valence-corrected chi connectivity index (χ0v) is 25.2. The highest BCUT2D eigenvalue weighted by molar-refractivity contribution is 6.76. The molecule has 2 aliphatic rings. The van der Waals surface area contributed by atoms with Crippen LogP contribution in [0.15, 0.2) is 24.8 Å². The van der Waals surface area contributed by atoms with Gasteiger partial charge in [-0.1, -0.05) is 32.5 Å². The Morgan fingerprint density at radius 1 is 1.27 bits per heavy atom. The van der Waals surface area contributed by atoms with E-state index in [-0.39, 0.29) is 12.1 Å². The molecule has 0 radical (unpaired) electrons. The number of hydrogen-bond donors (Lipinski definition) is 2. The average Bonchev–Trinajstić information content (AvgIpc) is 3.70. The van der Waals surface area contributed by atoms with Crippen molar-refractivity contribution >= 4 is 24.9 Å². The van der Waals surface area contributed by atoms with E-state index in [4.69, 9.17) is 19.6 Å². The van der Waals surface area contributed by atoms with Gasteiger partial charge in [0.05, 0.1) is 42.5 Å². The normalized spacial score (nSPS) is 19.2. The van der Waals surface area contributed by atoms with E-state index < -0.39 is 8.07 Å². The van der Waals surface area contributed by atoms with Crippen LogP contribution in [0.5, 0.6) is 0 Å². The zero-order chi connectivity index (χ0) is 28.0. The first-order valence-corrected chi connectivity index (χ1v) is 18.5. The van der Waals surface area contributed by atoms with Crippen molar-refractivity contribution in [2.45, 2.75) is 83.1 Å². The first-order valence-electron chi connectivity index (χ1n) is 14.8.